The number of benzene rings is 1. The molecule has 2 N–H and O–H groups in total. The van der Waals surface area contributed by atoms with E-state index in [9.17, 15) is 4.39 Å². The van der Waals surface area contributed by atoms with Gasteiger partial charge in [0.15, 0.2) is 0 Å². The van der Waals surface area contributed by atoms with Gasteiger partial charge in [0, 0.05) is 11.1 Å². The molecule has 0 spiro atoms. The van der Waals surface area contributed by atoms with Gasteiger partial charge < -0.3 is 15.2 Å². The summed E-state index contributed by atoms with van der Waals surface area (Å²) in [6, 6.07) is 3.58. The van der Waals surface area contributed by atoms with Crippen molar-refractivity contribution in [2.75, 3.05) is 20.8 Å². The molecule has 1 rings (SSSR count). The van der Waals surface area contributed by atoms with Crippen LogP contribution in [0.2, 0.25) is 0 Å². The van der Waals surface area contributed by atoms with Gasteiger partial charge in [-0.05, 0) is 44.9 Å². The van der Waals surface area contributed by atoms with Crippen molar-refractivity contribution in [3.05, 3.63) is 23.3 Å². The molecule has 1 aromatic rings. The standard InChI is InChI=1S/C15H24FNO2/c1-10(6-7-17)11-8-14(19-5)12(15(2,3)16)9-13(11)18-4/h8-10H,6-7,17H2,1-5H3. The van der Waals surface area contributed by atoms with Crippen LogP contribution in [-0.4, -0.2) is 20.8 Å². The lowest BCUT2D eigenvalue weighted by atomic mass is 9.91. The summed E-state index contributed by atoms with van der Waals surface area (Å²) in [5.74, 6) is 1.47. The second-order valence-electron chi connectivity index (χ2n) is 5.25. The summed E-state index contributed by atoms with van der Waals surface area (Å²) in [6.07, 6.45) is 0.845. The molecule has 0 heterocycles. The second-order valence-corrected chi connectivity index (χ2v) is 5.25. The quantitative estimate of drug-likeness (QED) is 0.861. The molecule has 1 aromatic carbocycles. The predicted molar refractivity (Wildman–Crippen MR) is 75.8 cm³/mol. The average molecular weight is 269 g/mol. The molecule has 0 bridgehead atoms. The van der Waals surface area contributed by atoms with Crippen LogP contribution in [0.5, 0.6) is 11.5 Å². The number of nitrogens with two attached hydrogens (primary N) is 1. The first-order chi connectivity index (χ1) is 8.85. The summed E-state index contributed by atoms with van der Waals surface area (Å²) < 4.78 is 24.9. The minimum atomic E-state index is -1.48. The molecule has 0 saturated heterocycles. The third-order valence-corrected chi connectivity index (χ3v) is 3.32. The van der Waals surface area contributed by atoms with Gasteiger partial charge in [0.2, 0.25) is 0 Å². The first-order valence-electron chi connectivity index (χ1n) is 6.50. The van der Waals surface area contributed by atoms with E-state index in [1.807, 2.05) is 6.07 Å². The van der Waals surface area contributed by atoms with Crippen LogP contribution in [0, 0.1) is 0 Å². The van der Waals surface area contributed by atoms with Crippen molar-refractivity contribution in [2.45, 2.75) is 38.8 Å². The zero-order valence-corrected chi connectivity index (χ0v) is 12.4. The zero-order chi connectivity index (χ0) is 14.6. The Morgan fingerprint density at radius 2 is 1.79 bits per heavy atom. The third kappa shape index (κ3) is 3.60. The lowest BCUT2D eigenvalue weighted by molar-refractivity contribution is 0.212. The Hall–Kier alpha value is -1.29. The van der Waals surface area contributed by atoms with Gasteiger partial charge in [-0.15, -0.1) is 0 Å². The van der Waals surface area contributed by atoms with Crippen molar-refractivity contribution < 1.29 is 13.9 Å². The van der Waals surface area contributed by atoms with Crippen LogP contribution in [0.15, 0.2) is 12.1 Å². The van der Waals surface area contributed by atoms with Crippen molar-refractivity contribution in [2.24, 2.45) is 5.73 Å². The van der Waals surface area contributed by atoms with E-state index >= 15 is 0 Å². The fourth-order valence-corrected chi connectivity index (χ4v) is 2.18. The van der Waals surface area contributed by atoms with Gasteiger partial charge in [0.05, 0.1) is 14.2 Å². The van der Waals surface area contributed by atoms with Gasteiger partial charge in [-0.25, -0.2) is 4.39 Å². The number of alkyl halides is 1. The molecule has 0 fully saturated rings. The highest BCUT2D eigenvalue weighted by molar-refractivity contribution is 5.50. The molecule has 3 nitrogen and oxygen atoms in total. The Morgan fingerprint density at radius 3 is 2.21 bits per heavy atom. The zero-order valence-electron chi connectivity index (χ0n) is 12.4. The second kappa shape index (κ2) is 6.24. The minimum absolute atomic E-state index is 0.241. The molecule has 4 heteroatoms. The lowest BCUT2D eigenvalue weighted by Gasteiger charge is -2.23. The first kappa shape index (κ1) is 15.8. The van der Waals surface area contributed by atoms with Crippen LogP contribution >= 0.6 is 0 Å². The van der Waals surface area contributed by atoms with Gasteiger partial charge >= 0.3 is 0 Å². The lowest BCUT2D eigenvalue weighted by Crippen LogP contribution is -2.13. The van der Waals surface area contributed by atoms with Crippen LogP contribution < -0.4 is 15.2 Å². The van der Waals surface area contributed by atoms with Crippen LogP contribution in [0.1, 0.15) is 44.2 Å². The molecule has 0 aliphatic heterocycles. The van der Waals surface area contributed by atoms with Crippen molar-refractivity contribution in [3.63, 3.8) is 0 Å². The summed E-state index contributed by atoms with van der Waals surface area (Å²) in [4.78, 5) is 0. The number of ether oxygens (including phenoxy) is 2. The van der Waals surface area contributed by atoms with Crippen LogP contribution in [-0.2, 0) is 5.67 Å². The molecule has 19 heavy (non-hydrogen) atoms. The van der Waals surface area contributed by atoms with E-state index in [1.54, 1.807) is 20.3 Å². The molecule has 0 aliphatic rings. The molecule has 1 atom stereocenters. The van der Waals surface area contributed by atoms with Gasteiger partial charge in [0.1, 0.15) is 17.2 Å². The highest BCUT2D eigenvalue weighted by Gasteiger charge is 2.26. The van der Waals surface area contributed by atoms with E-state index < -0.39 is 5.67 Å². The minimum Gasteiger partial charge on any atom is -0.496 e. The van der Waals surface area contributed by atoms with E-state index in [-0.39, 0.29) is 5.92 Å². The molecule has 0 aliphatic carbocycles. The highest BCUT2D eigenvalue weighted by atomic mass is 19.1. The number of rotatable bonds is 6. The fraction of sp³-hybridized carbons (Fsp3) is 0.600. The smallest absolute Gasteiger partial charge is 0.134 e. The van der Waals surface area contributed by atoms with Gasteiger partial charge in [0.25, 0.3) is 0 Å². The summed E-state index contributed by atoms with van der Waals surface area (Å²) >= 11 is 0. The maximum Gasteiger partial charge on any atom is 0.134 e. The summed E-state index contributed by atoms with van der Waals surface area (Å²) in [5.41, 5.74) is 5.61. The van der Waals surface area contributed by atoms with E-state index in [4.69, 9.17) is 15.2 Å². The Morgan fingerprint density at radius 1 is 1.21 bits per heavy atom. The summed E-state index contributed by atoms with van der Waals surface area (Å²) in [5, 5.41) is 0. The Bertz CT molecular complexity index is 427. The molecule has 0 amide bonds. The molecule has 1 unspecified atom stereocenters. The molecular formula is C15H24FNO2. The van der Waals surface area contributed by atoms with E-state index in [0.29, 0.717) is 23.6 Å². The SMILES string of the molecule is COc1cc(C(C)(C)F)c(OC)cc1C(C)CCN. The first-order valence-corrected chi connectivity index (χ1v) is 6.50. The van der Waals surface area contributed by atoms with Crippen molar-refractivity contribution in [1.82, 2.24) is 0 Å². The Labute approximate surface area is 114 Å². The topological polar surface area (TPSA) is 44.5 Å². The fourth-order valence-electron chi connectivity index (χ4n) is 2.18. The van der Waals surface area contributed by atoms with Gasteiger partial charge in [-0.2, -0.15) is 0 Å². The van der Waals surface area contributed by atoms with Crippen LogP contribution in [0.4, 0.5) is 4.39 Å². The molecule has 0 aromatic heterocycles. The predicted octanol–water partition coefficient (Wildman–Crippen LogP) is 3.36. The maximum atomic E-state index is 14.2. The van der Waals surface area contributed by atoms with Crippen LogP contribution in [0.3, 0.4) is 0 Å². The molecular weight excluding hydrogens is 245 g/mol. The average Bonchev–Trinajstić information content (AvgIpc) is 2.36. The number of hydrogen-bond acceptors (Lipinski definition) is 3. The van der Waals surface area contributed by atoms with Crippen molar-refractivity contribution in [3.8, 4) is 11.5 Å². The van der Waals surface area contributed by atoms with Gasteiger partial charge in [-0.1, -0.05) is 6.92 Å². The third-order valence-electron chi connectivity index (χ3n) is 3.32. The van der Waals surface area contributed by atoms with Gasteiger partial charge in [-0.3, -0.25) is 0 Å². The number of halogens is 1. The summed E-state index contributed by atoms with van der Waals surface area (Å²) in [6.45, 7) is 5.69. The Balaban J connectivity index is 3.35. The van der Waals surface area contributed by atoms with Crippen molar-refractivity contribution >= 4 is 0 Å². The molecule has 0 radical (unpaired) electrons. The molecule has 108 valence electrons. The largest absolute Gasteiger partial charge is 0.496 e. The van der Waals surface area contributed by atoms with Crippen molar-refractivity contribution in [1.29, 1.82) is 0 Å². The summed E-state index contributed by atoms with van der Waals surface area (Å²) in [7, 11) is 3.14. The van der Waals surface area contributed by atoms with E-state index in [1.165, 1.54) is 13.8 Å². The van der Waals surface area contributed by atoms with Crippen LogP contribution in [0.25, 0.3) is 0 Å². The number of methoxy groups -OCH3 is 2. The Kier molecular flexibility index (Phi) is 5.18. The highest BCUT2D eigenvalue weighted by Crippen LogP contribution is 2.40. The molecule has 0 saturated carbocycles. The van der Waals surface area contributed by atoms with E-state index in [0.717, 1.165) is 12.0 Å². The number of hydrogen-bond donors (Lipinski definition) is 1. The maximum absolute atomic E-state index is 14.2. The normalized spacial score (nSPS) is 13.2. The van der Waals surface area contributed by atoms with E-state index in [2.05, 4.69) is 6.92 Å². The monoisotopic (exact) mass is 269 g/mol.